The van der Waals surface area contributed by atoms with Gasteiger partial charge in [-0.2, -0.15) is 0 Å². The molecule has 19 heteroatoms. The number of amides is 1. The Morgan fingerprint density at radius 1 is 0.846 bits per heavy atom. The van der Waals surface area contributed by atoms with Crippen LogP contribution >= 0.6 is 0 Å². The molecule has 0 bridgehead atoms. The van der Waals surface area contributed by atoms with E-state index in [2.05, 4.69) is 15.3 Å². The average molecular weight is 743 g/mol. The van der Waals surface area contributed by atoms with Crippen molar-refractivity contribution in [2.24, 2.45) is 23.1 Å². The summed E-state index contributed by atoms with van der Waals surface area (Å²) >= 11 is 0. The Morgan fingerprint density at radius 3 is 1.81 bits per heavy atom. The zero-order chi connectivity index (χ0) is 40.6. The number of aromatic nitrogens is 2. The van der Waals surface area contributed by atoms with E-state index < -0.39 is 71.8 Å². The van der Waals surface area contributed by atoms with Gasteiger partial charge in [0, 0.05) is 31.5 Å². The summed E-state index contributed by atoms with van der Waals surface area (Å²) in [4.78, 5) is 69.6. The molecule has 1 aromatic carbocycles. The quantitative estimate of drug-likeness (QED) is 0.114. The number of imidazole rings is 1. The van der Waals surface area contributed by atoms with E-state index in [4.69, 9.17) is 47.5 Å². The fourth-order valence-corrected chi connectivity index (χ4v) is 3.65. The fraction of sp³-hybridized carbons (Fsp3) is 0.545. The summed E-state index contributed by atoms with van der Waals surface area (Å²) in [7, 11) is 0. The Bertz CT molecular complexity index is 1350. The van der Waals surface area contributed by atoms with Crippen molar-refractivity contribution < 1.29 is 64.1 Å². The number of carbonyl (C=O) groups is 6. The normalized spacial score (nSPS) is 13.4. The summed E-state index contributed by atoms with van der Waals surface area (Å²) in [5, 5.41) is 53.7. The summed E-state index contributed by atoms with van der Waals surface area (Å²) in [6.45, 7) is 9.12. The lowest BCUT2D eigenvalue weighted by Crippen LogP contribution is -2.44. The van der Waals surface area contributed by atoms with Gasteiger partial charge in [0.1, 0.15) is 23.7 Å². The predicted octanol–water partition coefficient (Wildman–Crippen LogP) is 1.03. The highest BCUT2D eigenvalue weighted by molar-refractivity contribution is 5.80. The maximum absolute atomic E-state index is 11.6. The number of nitrogens with zero attached hydrogens (tertiary/aromatic N) is 1. The Morgan fingerprint density at radius 2 is 1.40 bits per heavy atom. The van der Waals surface area contributed by atoms with Gasteiger partial charge >= 0.3 is 35.9 Å². The van der Waals surface area contributed by atoms with Gasteiger partial charge in [-0.25, -0.2) is 14.6 Å². The average Bonchev–Trinajstić information content (AvgIpc) is 3.52. The Kier molecular flexibility index (Phi) is 24.3. The van der Waals surface area contributed by atoms with Crippen LogP contribution in [0.1, 0.15) is 71.6 Å². The number of aliphatic hydroxyl groups excluding tert-OH is 1. The first-order valence-electron chi connectivity index (χ1n) is 16.0. The van der Waals surface area contributed by atoms with Gasteiger partial charge < -0.3 is 62.9 Å². The number of aromatic amines is 1. The van der Waals surface area contributed by atoms with Gasteiger partial charge in [0.15, 0.2) is 0 Å². The van der Waals surface area contributed by atoms with Gasteiger partial charge in [-0.05, 0) is 45.1 Å². The molecule has 0 aliphatic carbocycles. The number of hydrogen-bond acceptors (Lipinski definition) is 12. The molecule has 2 aromatic rings. The molecule has 0 saturated heterocycles. The Hall–Kier alpha value is -5.11. The number of rotatable bonds is 16. The van der Waals surface area contributed by atoms with E-state index in [9.17, 15) is 33.9 Å². The van der Waals surface area contributed by atoms with Gasteiger partial charge in [-0.1, -0.05) is 44.2 Å². The van der Waals surface area contributed by atoms with Crippen LogP contribution in [0.2, 0.25) is 0 Å². The lowest BCUT2D eigenvalue weighted by molar-refractivity contribution is -0.141. The van der Waals surface area contributed by atoms with Crippen molar-refractivity contribution in [3.63, 3.8) is 0 Å². The molecule has 0 aliphatic heterocycles. The van der Waals surface area contributed by atoms with Crippen LogP contribution in [0, 0.1) is 5.92 Å². The molecular weight excluding hydrogens is 688 g/mol. The summed E-state index contributed by atoms with van der Waals surface area (Å²) in [6.07, 6.45) is 2.10. The molecule has 2 rings (SSSR count). The molecule has 5 atom stereocenters. The van der Waals surface area contributed by atoms with Crippen LogP contribution in [0.4, 0.5) is 4.79 Å². The van der Waals surface area contributed by atoms with Crippen LogP contribution in [-0.4, -0.2) is 112 Å². The summed E-state index contributed by atoms with van der Waals surface area (Å²) < 4.78 is 5.04. The second-order valence-corrected chi connectivity index (χ2v) is 12.8. The highest BCUT2D eigenvalue weighted by Gasteiger charge is 2.24. The number of benzene rings is 1. The minimum atomic E-state index is -1.17. The second kappa shape index (κ2) is 25.8. The molecule has 294 valence electrons. The van der Waals surface area contributed by atoms with Crippen molar-refractivity contribution in [1.82, 2.24) is 15.3 Å². The third-order valence-electron chi connectivity index (χ3n) is 6.18. The molecule has 0 saturated carbocycles. The lowest BCUT2D eigenvalue weighted by atomic mass is 9.98. The molecule has 19 nitrogen and oxygen atoms in total. The number of H-pyrrole nitrogens is 1. The molecule has 1 amide bonds. The van der Waals surface area contributed by atoms with Crippen molar-refractivity contribution in [1.29, 1.82) is 0 Å². The maximum atomic E-state index is 11.6. The van der Waals surface area contributed by atoms with Crippen LogP contribution in [0.5, 0.6) is 0 Å². The Balaban J connectivity index is 0. The number of nitrogens with two attached hydrogens (primary N) is 3. The molecular formula is C33H54N6O13. The lowest BCUT2D eigenvalue weighted by Gasteiger charge is -2.22. The van der Waals surface area contributed by atoms with Crippen molar-refractivity contribution in [2.75, 3.05) is 0 Å². The molecule has 0 spiro atoms. The van der Waals surface area contributed by atoms with Crippen LogP contribution in [0.3, 0.4) is 0 Å². The smallest absolute Gasteiger partial charge is 0.408 e. The van der Waals surface area contributed by atoms with Crippen molar-refractivity contribution in [3.05, 3.63) is 54.1 Å². The van der Waals surface area contributed by atoms with E-state index in [0.29, 0.717) is 18.0 Å². The van der Waals surface area contributed by atoms with E-state index in [-0.39, 0.29) is 32.1 Å². The maximum Gasteiger partial charge on any atom is 0.408 e. The fourth-order valence-electron chi connectivity index (χ4n) is 3.65. The molecule has 0 radical (unpaired) electrons. The molecule has 0 fully saturated rings. The molecule has 52 heavy (non-hydrogen) atoms. The van der Waals surface area contributed by atoms with E-state index in [1.54, 1.807) is 27.0 Å². The number of ether oxygens (including phenoxy) is 1. The SMILES string of the molecule is CC(C)(C)OC(=O)N[C@@H](Cc1ccccc1)C(=O)O.CC(C)C[C@H](N)[C@@H](O)CC(=O)O.N[C@@H](CCC(=O)O)C(=O)O.N[C@@H](Cc1c[nH]cn1)C(=O)O. The Labute approximate surface area is 301 Å². The number of carboxylic acid groups (broad SMARTS) is 5. The van der Waals surface area contributed by atoms with Crippen LogP contribution in [0.25, 0.3) is 0 Å². The predicted molar refractivity (Wildman–Crippen MR) is 187 cm³/mol. The minimum absolute atomic E-state index is 0.0231. The molecule has 1 aromatic heterocycles. The van der Waals surface area contributed by atoms with E-state index in [1.165, 1.54) is 6.33 Å². The third kappa shape index (κ3) is 27.7. The first-order valence-corrected chi connectivity index (χ1v) is 16.0. The number of carbonyl (C=O) groups excluding carboxylic acids is 1. The monoisotopic (exact) mass is 742 g/mol. The van der Waals surface area contributed by atoms with Crippen LogP contribution < -0.4 is 22.5 Å². The van der Waals surface area contributed by atoms with Gasteiger partial charge in [-0.15, -0.1) is 0 Å². The van der Waals surface area contributed by atoms with Crippen molar-refractivity contribution >= 4 is 35.9 Å². The zero-order valence-corrected chi connectivity index (χ0v) is 30.0. The highest BCUT2D eigenvalue weighted by Crippen LogP contribution is 2.09. The minimum Gasteiger partial charge on any atom is -0.481 e. The van der Waals surface area contributed by atoms with Gasteiger partial charge in [0.05, 0.1) is 24.5 Å². The zero-order valence-electron chi connectivity index (χ0n) is 30.0. The largest absolute Gasteiger partial charge is 0.481 e. The van der Waals surface area contributed by atoms with Gasteiger partial charge in [0.2, 0.25) is 0 Å². The van der Waals surface area contributed by atoms with E-state index >= 15 is 0 Å². The number of nitrogens with one attached hydrogen (secondary N) is 2. The topological polar surface area (TPSA) is 352 Å². The summed E-state index contributed by atoms with van der Waals surface area (Å²) in [6, 6.07) is 5.76. The van der Waals surface area contributed by atoms with Gasteiger partial charge in [0.25, 0.3) is 0 Å². The second-order valence-electron chi connectivity index (χ2n) is 12.8. The molecule has 1 heterocycles. The van der Waals surface area contributed by atoms with Crippen LogP contribution in [0.15, 0.2) is 42.9 Å². The third-order valence-corrected chi connectivity index (χ3v) is 6.18. The van der Waals surface area contributed by atoms with Crippen molar-refractivity contribution in [3.8, 4) is 0 Å². The van der Waals surface area contributed by atoms with Crippen molar-refractivity contribution in [2.45, 2.75) is 109 Å². The standard InChI is InChI=1S/C14H19NO4.C8H17NO3.C6H9N3O2.C5H9NO4/c1-14(2,3)19-13(18)15-11(12(16)17)9-10-7-5-4-6-8-10;1-5(2)3-6(9)7(10)4-8(11)12;7-5(6(10)11)1-4-2-8-3-9-4;6-3(5(9)10)1-2-4(7)8/h4-8,11H,9H2,1-3H3,(H,15,18)(H,16,17);5-7,10H,3-4,9H2,1-2H3,(H,11,12);2-3,5H,1,7H2,(H,8,9)(H,10,11);3H,1-2,6H2,(H,7,8)(H,9,10)/t11-;6-,7-;5-;3-/m0000/s1. The molecule has 0 aliphatic rings. The molecule has 0 unspecified atom stereocenters. The van der Waals surface area contributed by atoms with E-state index in [0.717, 1.165) is 5.56 Å². The number of carboxylic acids is 5. The highest BCUT2D eigenvalue weighted by atomic mass is 16.6. The number of aliphatic carboxylic acids is 5. The first kappa shape index (κ1) is 49.0. The van der Waals surface area contributed by atoms with Gasteiger partial charge in [-0.3, -0.25) is 19.2 Å². The van der Waals surface area contributed by atoms with Crippen LogP contribution in [-0.2, 0) is 41.6 Å². The summed E-state index contributed by atoms with van der Waals surface area (Å²) in [5.74, 6) is -4.93. The molecule has 14 N–H and O–H groups in total. The number of hydrogen-bond donors (Lipinski definition) is 11. The van der Waals surface area contributed by atoms with E-state index in [1.807, 2.05) is 44.2 Å². The summed E-state index contributed by atoms with van der Waals surface area (Å²) in [5.41, 5.74) is 16.7. The number of alkyl carbamates (subject to hydrolysis) is 1. The first-order chi connectivity index (χ1) is 23.9. The number of aliphatic hydroxyl groups is 1.